The molecule has 4 rings (SSSR count). The standard InChI is InChI=1S/C22H22N2O2.C4H4O4/c1-25-17-7-4-6-16(14-17)15-24-19-9-3-2-8-18(19)22-20(24)10-5-11-21(22)26-13-12-23;5-3(6)1-2-4(7)8/h2-11,14H,12-13,15,23H2,1H3;1-2H,(H,5,6)(H,7,8)/b;2-1+. The van der Waals surface area contributed by atoms with Crippen molar-refractivity contribution in [3.8, 4) is 11.5 Å². The van der Waals surface area contributed by atoms with Gasteiger partial charge in [0, 0.05) is 41.5 Å². The molecule has 0 aliphatic carbocycles. The summed E-state index contributed by atoms with van der Waals surface area (Å²) in [7, 11) is 1.70. The third-order valence-corrected chi connectivity index (χ3v) is 4.98. The predicted octanol–water partition coefficient (Wildman–Crippen LogP) is 3.90. The lowest BCUT2D eigenvalue weighted by Gasteiger charge is -2.10. The van der Waals surface area contributed by atoms with Crippen LogP contribution in [0.5, 0.6) is 11.5 Å². The molecule has 4 N–H and O–H groups in total. The van der Waals surface area contributed by atoms with Crippen molar-refractivity contribution in [2.24, 2.45) is 5.73 Å². The van der Waals surface area contributed by atoms with Gasteiger partial charge < -0.3 is 30.0 Å². The minimum absolute atomic E-state index is 0.499. The molecule has 0 unspecified atom stereocenters. The van der Waals surface area contributed by atoms with E-state index in [0.717, 1.165) is 28.9 Å². The molecule has 8 heteroatoms. The van der Waals surface area contributed by atoms with Gasteiger partial charge in [0.2, 0.25) is 0 Å². The van der Waals surface area contributed by atoms with Crippen LogP contribution in [0.1, 0.15) is 5.56 Å². The van der Waals surface area contributed by atoms with E-state index < -0.39 is 11.9 Å². The normalized spacial score (nSPS) is 10.8. The van der Waals surface area contributed by atoms with Crippen molar-refractivity contribution in [1.82, 2.24) is 4.57 Å². The van der Waals surface area contributed by atoms with Crippen molar-refractivity contribution in [2.45, 2.75) is 6.54 Å². The SMILES string of the molecule is COc1cccc(Cn2c3ccccc3c3c(OCCN)cccc32)c1.O=C(O)/C=C/C(=O)O. The Labute approximate surface area is 196 Å². The van der Waals surface area contributed by atoms with Gasteiger partial charge in [0.15, 0.2) is 0 Å². The molecule has 0 saturated heterocycles. The molecule has 0 spiro atoms. The summed E-state index contributed by atoms with van der Waals surface area (Å²) in [5.74, 6) is -0.761. The van der Waals surface area contributed by atoms with Gasteiger partial charge in [0.1, 0.15) is 18.1 Å². The Morgan fingerprint density at radius 1 is 0.941 bits per heavy atom. The minimum atomic E-state index is -1.26. The zero-order chi connectivity index (χ0) is 24.5. The van der Waals surface area contributed by atoms with Gasteiger partial charge in [-0.05, 0) is 35.9 Å². The molecule has 0 aliphatic rings. The Balaban J connectivity index is 0.000000350. The van der Waals surface area contributed by atoms with Gasteiger partial charge in [-0.2, -0.15) is 0 Å². The minimum Gasteiger partial charge on any atom is -0.497 e. The quantitative estimate of drug-likeness (QED) is 0.339. The Hall–Kier alpha value is -4.30. The fourth-order valence-electron chi connectivity index (χ4n) is 3.62. The molecule has 34 heavy (non-hydrogen) atoms. The van der Waals surface area contributed by atoms with E-state index in [0.29, 0.717) is 25.3 Å². The average Bonchev–Trinajstić information content (AvgIpc) is 3.16. The number of benzene rings is 3. The van der Waals surface area contributed by atoms with Crippen LogP contribution in [-0.4, -0.2) is 47.0 Å². The highest BCUT2D eigenvalue weighted by Crippen LogP contribution is 2.36. The van der Waals surface area contributed by atoms with Gasteiger partial charge in [0.05, 0.1) is 12.6 Å². The molecule has 1 heterocycles. The molecule has 0 aliphatic heterocycles. The number of hydrogen-bond donors (Lipinski definition) is 3. The number of methoxy groups -OCH3 is 1. The van der Waals surface area contributed by atoms with E-state index in [9.17, 15) is 9.59 Å². The summed E-state index contributed by atoms with van der Waals surface area (Å²) in [6.07, 6.45) is 1.12. The number of rotatable bonds is 8. The second kappa shape index (κ2) is 11.5. The van der Waals surface area contributed by atoms with E-state index in [2.05, 4.69) is 47.0 Å². The lowest BCUT2D eigenvalue weighted by Crippen LogP contribution is -2.10. The zero-order valence-electron chi connectivity index (χ0n) is 18.7. The molecule has 0 bridgehead atoms. The number of fused-ring (bicyclic) bond motifs is 3. The number of carbonyl (C=O) groups is 2. The summed E-state index contributed by atoms with van der Waals surface area (Å²) >= 11 is 0. The van der Waals surface area contributed by atoms with Crippen LogP contribution in [0.2, 0.25) is 0 Å². The maximum atomic E-state index is 9.55. The maximum absolute atomic E-state index is 9.55. The van der Waals surface area contributed by atoms with Crippen molar-refractivity contribution in [3.63, 3.8) is 0 Å². The summed E-state index contributed by atoms with van der Waals surface area (Å²) < 4.78 is 13.6. The van der Waals surface area contributed by atoms with Crippen LogP contribution in [0.4, 0.5) is 0 Å². The Morgan fingerprint density at radius 2 is 1.62 bits per heavy atom. The number of carboxylic acid groups (broad SMARTS) is 2. The average molecular weight is 463 g/mol. The molecule has 3 aromatic carbocycles. The van der Waals surface area contributed by atoms with E-state index in [1.807, 2.05) is 24.3 Å². The molecule has 0 atom stereocenters. The van der Waals surface area contributed by atoms with Gasteiger partial charge in [-0.1, -0.05) is 36.4 Å². The van der Waals surface area contributed by atoms with E-state index >= 15 is 0 Å². The second-order valence-electron chi connectivity index (χ2n) is 7.25. The largest absolute Gasteiger partial charge is 0.497 e. The number of nitrogens with zero attached hydrogens (tertiary/aromatic N) is 1. The van der Waals surface area contributed by atoms with Crippen molar-refractivity contribution < 1.29 is 29.3 Å². The molecule has 8 nitrogen and oxygen atoms in total. The summed E-state index contributed by atoms with van der Waals surface area (Å²) in [5.41, 5.74) is 9.17. The molecule has 0 amide bonds. The monoisotopic (exact) mass is 462 g/mol. The van der Waals surface area contributed by atoms with Crippen LogP contribution in [-0.2, 0) is 16.1 Å². The van der Waals surface area contributed by atoms with E-state index in [-0.39, 0.29) is 0 Å². The highest BCUT2D eigenvalue weighted by molar-refractivity contribution is 6.11. The fraction of sp³-hybridized carbons (Fsp3) is 0.154. The maximum Gasteiger partial charge on any atom is 0.328 e. The van der Waals surface area contributed by atoms with Crippen molar-refractivity contribution in [3.05, 3.63) is 84.4 Å². The van der Waals surface area contributed by atoms with Crippen LogP contribution in [0.15, 0.2) is 78.9 Å². The number of ether oxygens (including phenoxy) is 2. The first kappa shape index (κ1) is 24.3. The van der Waals surface area contributed by atoms with E-state index in [1.54, 1.807) is 7.11 Å². The van der Waals surface area contributed by atoms with Crippen LogP contribution in [0.3, 0.4) is 0 Å². The zero-order valence-corrected chi connectivity index (χ0v) is 18.7. The highest BCUT2D eigenvalue weighted by atomic mass is 16.5. The Morgan fingerprint density at radius 3 is 2.29 bits per heavy atom. The first-order chi connectivity index (χ1) is 16.4. The number of aromatic nitrogens is 1. The van der Waals surface area contributed by atoms with E-state index in [1.165, 1.54) is 16.5 Å². The number of nitrogens with two attached hydrogens (primary N) is 1. The van der Waals surface area contributed by atoms with Gasteiger partial charge >= 0.3 is 11.9 Å². The molecule has 0 radical (unpaired) electrons. The smallest absolute Gasteiger partial charge is 0.328 e. The van der Waals surface area contributed by atoms with Gasteiger partial charge in [-0.3, -0.25) is 0 Å². The topological polar surface area (TPSA) is 124 Å². The Bertz CT molecular complexity index is 1310. The van der Waals surface area contributed by atoms with Crippen molar-refractivity contribution in [2.75, 3.05) is 20.3 Å². The molecular formula is C26H26N2O6. The number of para-hydroxylation sites is 1. The number of hydrogen-bond acceptors (Lipinski definition) is 5. The lowest BCUT2D eigenvalue weighted by molar-refractivity contribution is -0.134. The summed E-state index contributed by atoms with van der Waals surface area (Å²) in [6, 6.07) is 22.8. The first-order valence-electron chi connectivity index (χ1n) is 10.5. The van der Waals surface area contributed by atoms with Gasteiger partial charge in [-0.25, -0.2) is 9.59 Å². The van der Waals surface area contributed by atoms with Gasteiger partial charge in [0.25, 0.3) is 0 Å². The van der Waals surface area contributed by atoms with E-state index in [4.69, 9.17) is 25.4 Å². The lowest BCUT2D eigenvalue weighted by atomic mass is 10.1. The second-order valence-corrected chi connectivity index (χ2v) is 7.25. The molecule has 176 valence electrons. The number of carboxylic acids is 2. The van der Waals surface area contributed by atoms with Crippen LogP contribution < -0.4 is 15.2 Å². The summed E-state index contributed by atoms with van der Waals surface area (Å²) in [4.78, 5) is 19.1. The van der Waals surface area contributed by atoms with Crippen molar-refractivity contribution >= 4 is 33.7 Å². The molecular weight excluding hydrogens is 436 g/mol. The van der Waals surface area contributed by atoms with Crippen LogP contribution in [0.25, 0.3) is 21.8 Å². The van der Waals surface area contributed by atoms with Crippen LogP contribution >= 0.6 is 0 Å². The first-order valence-corrected chi connectivity index (χ1v) is 10.5. The molecule has 4 aromatic rings. The Kier molecular flexibility index (Phi) is 8.26. The summed E-state index contributed by atoms with van der Waals surface area (Å²) in [5, 5.41) is 18.0. The third-order valence-electron chi connectivity index (χ3n) is 4.98. The highest BCUT2D eigenvalue weighted by Gasteiger charge is 2.14. The third kappa shape index (κ3) is 5.93. The number of aliphatic carboxylic acids is 2. The van der Waals surface area contributed by atoms with Crippen LogP contribution in [0, 0.1) is 0 Å². The molecule has 0 saturated carbocycles. The molecule has 0 fully saturated rings. The fourth-order valence-corrected chi connectivity index (χ4v) is 3.62. The summed E-state index contributed by atoms with van der Waals surface area (Å²) in [6.45, 7) is 1.77. The predicted molar refractivity (Wildman–Crippen MR) is 131 cm³/mol. The van der Waals surface area contributed by atoms with Gasteiger partial charge in [-0.15, -0.1) is 0 Å². The van der Waals surface area contributed by atoms with Crippen molar-refractivity contribution in [1.29, 1.82) is 0 Å². The molecule has 1 aromatic heterocycles.